The monoisotopic (exact) mass is 614 g/mol. The molecule has 1 aliphatic rings. The fourth-order valence-electron chi connectivity index (χ4n) is 8.86. The van der Waals surface area contributed by atoms with Crippen LogP contribution in [0.15, 0.2) is 158 Å². The van der Waals surface area contributed by atoms with Crippen molar-refractivity contribution in [2.45, 2.75) is 11.8 Å². The van der Waals surface area contributed by atoms with Gasteiger partial charge in [0.05, 0.1) is 5.41 Å². The van der Waals surface area contributed by atoms with Crippen molar-refractivity contribution in [1.29, 1.82) is 0 Å². The van der Waals surface area contributed by atoms with E-state index in [1.54, 1.807) is 0 Å². The molecule has 0 radical (unpaired) electrons. The maximum absolute atomic E-state index is 2.48. The van der Waals surface area contributed by atoms with Crippen molar-refractivity contribution in [1.82, 2.24) is 9.13 Å². The second kappa shape index (κ2) is 10.1. The van der Waals surface area contributed by atoms with Gasteiger partial charge >= 0.3 is 0 Å². The number of fused-ring (bicyclic) bond motifs is 9. The first-order valence-corrected chi connectivity index (χ1v) is 16.9. The van der Waals surface area contributed by atoms with E-state index in [1.807, 2.05) is 0 Å². The van der Waals surface area contributed by atoms with Gasteiger partial charge in [-0.2, -0.15) is 0 Å². The van der Waals surface area contributed by atoms with Crippen LogP contribution in [0.1, 0.15) is 33.4 Å². The number of para-hydroxylation sites is 1. The van der Waals surface area contributed by atoms with Crippen LogP contribution < -0.4 is 0 Å². The molecule has 2 heterocycles. The smallest absolute Gasteiger partial charge is 0.0714 e. The minimum absolute atomic E-state index is 0.398. The van der Waals surface area contributed by atoms with Gasteiger partial charge in [0, 0.05) is 57.7 Å². The number of hydrogen-bond acceptors (Lipinski definition) is 0. The molecule has 0 spiro atoms. The van der Waals surface area contributed by atoms with Gasteiger partial charge in [-0.3, -0.25) is 0 Å². The lowest BCUT2D eigenvalue weighted by Gasteiger charge is -2.33. The molecule has 10 rings (SSSR count). The Kier molecular flexibility index (Phi) is 5.72. The third-order valence-electron chi connectivity index (χ3n) is 11.0. The molecular formula is C46H34N2. The van der Waals surface area contributed by atoms with Crippen molar-refractivity contribution in [3.63, 3.8) is 0 Å². The van der Waals surface area contributed by atoms with E-state index in [9.17, 15) is 0 Å². The average Bonchev–Trinajstić information content (AvgIpc) is 3.71. The molecule has 9 aromatic rings. The molecule has 1 aliphatic carbocycles. The molecule has 2 nitrogen and oxygen atoms in total. The molecule has 0 saturated carbocycles. The minimum Gasteiger partial charge on any atom is -0.344 e. The summed E-state index contributed by atoms with van der Waals surface area (Å²) in [5.41, 5.74) is 15.3. The van der Waals surface area contributed by atoms with Crippen molar-refractivity contribution >= 4 is 43.6 Å². The highest BCUT2D eigenvalue weighted by Gasteiger charge is 2.46. The average molecular weight is 615 g/mol. The predicted molar refractivity (Wildman–Crippen MR) is 201 cm³/mol. The fraction of sp³-hybridized carbons (Fsp3) is 0.0870. The van der Waals surface area contributed by atoms with Crippen LogP contribution in [0.5, 0.6) is 0 Å². The van der Waals surface area contributed by atoms with Crippen LogP contribution in [-0.2, 0) is 25.9 Å². The standard InChI is InChI=1S/C46H34N2/c1-47-42-20-12-10-18-35(42)37-26-30(21-23-43(37)47)25-31-22-24-44-38(27-31)39-28-36-34-17-9-11-19-40(34)46(32-13-5-3-6-14-32,33-15-7-4-8-16-33)41(36)29-45(39)48(44)2/h3-24,26-29H,25H2,1-2H3. The van der Waals surface area contributed by atoms with Crippen molar-refractivity contribution in [3.8, 4) is 11.1 Å². The second-order valence-electron chi connectivity index (χ2n) is 13.5. The molecule has 48 heavy (non-hydrogen) atoms. The number of aryl methyl sites for hydroxylation is 2. The third kappa shape index (κ3) is 3.63. The normalized spacial score (nSPS) is 13.5. The van der Waals surface area contributed by atoms with Crippen LogP contribution in [0.2, 0.25) is 0 Å². The zero-order valence-corrected chi connectivity index (χ0v) is 27.1. The molecule has 0 atom stereocenters. The SMILES string of the molecule is Cn1c2ccccc2c2cc(Cc3ccc4c(c3)c3cc5c(cc3n4C)C(c3ccccc3)(c3ccccc3)c3ccccc3-5)ccc21. The summed E-state index contributed by atoms with van der Waals surface area (Å²) in [7, 11) is 4.39. The molecule has 228 valence electrons. The predicted octanol–water partition coefficient (Wildman–Crippen LogP) is 10.9. The summed E-state index contributed by atoms with van der Waals surface area (Å²) in [4.78, 5) is 0. The van der Waals surface area contributed by atoms with Crippen LogP contribution >= 0.6 is 0 Å². The lowest BCUT2D eigenvalue weighted by molar-refractivity contribution is 0.768. The van der Waals surface area contributed by atoms with Crippen LogP contribution in [-0.4, -0.2) is 9.13 Å². The maximum Gasteiger partial charge on any atom is 0.0714 e. The first-order chi connectivity index (χ1) is 23.6. The molecule has 2 aromatic heterocycles. The zero-order chi connectivity index (χ0) is 32.0. The molecule has 0 saturated heterocycles. The first kappa shape index (κ1) is 27.3. The third-order valence-corrected chi connectivity index (χ3v) is 11.0. The van der Waals surface area contributed by atoms with E-state index in [0.29, 0.717) is 0 Å². The number of benzene rings is 7. The summed E-state index contributed by atoms with van der Waals surface area (Å²) in [6.45, 7) is 0. The Labute approximate surface area is 280 Å². The van der Waals surface area contributed by atoms with Gasteiger partial charge in [-0.25, -0.2) is 0 Å². The summed E-state index contributed by atoms with van der Waals surface area (Å²) in [6.07, 6.45) is 0.893. The molecule has 0 fully saturated rings. The quantitative estimate of drug-likeness (QED) is 0.187. The van der Waals surface area contributed by atoms with E-state index in [-0.39, 0.29) is 0 Å². The Morgan fingerprint density at radius 1 is 0.396 bits per heavy atom. The maximum atomic E-state index is 2.48. The Balaban J connectivity index is 1.17. The van der Waals surface area contributed by atoms with Crippen molar-refractivity contribution in [2.24, 2.45) is 14.1 Å². The van der Waals surface area contributed by atoms with Gasteiger partial charge in [0.25, 0.3) is 0 Å². The topological polar surface area (TPSA) is 9.86 Å². The first-order valence-electron chi connectivity index (χ1n) is 16.9. The van der Waals surface area contributed by atoms with Crippen molar-refractivity contribution in [2.75, 3.05) is 0 Å². The molecular weight excluding hydrogens is 581 g/mol. The Hall–Kier alpha value is -5.86. The van der Waals surface area contributed by atoms with Crippen LogP contribution in [0.3, 0.4) is 0 Å². The highest BCUT2D eigenvalue weighted by Crippen LogP contribution is 2.57. The van der Waals surface area contributed by atoms with E-state index < -0.39 is 5.41 Å². The molecule has 0 amide bonds. The number of nitrogens with zero attached hydrogens (tertiary/aromatic N) is 2. The number of hydrogen-bond donors (Lipinski definition) is 0. The molecule has 0 bridgehead atoms. The summed E-state index contributed by atoms with van der Waals surface area (Å²) < 4.78 is 4.69. The fourth-order valence-corrected chi connectivity index (χ4v) is 8.86. The lowest BCUT2D eigenvalue weighted by Crippen LogP contribution is -2.28. The van der Waals surface area contributed by atoms with Crippen LogP contribution in [0, 0.1) is 0 Å². The van der Waals surface area contributed by atoms with Crippen LogP contribution in [0.4, 0.5) is 0 Å². The van der Waals surface area contributed by atoms with E-state index >= 15 is 0 Å². The Morgan fingerprint density at radius 3 is 1.60 bits per heavy atom. The zero-order valence-electron chi connectivity index (χ0n) is 27.1. The van der Waals surface area contributed by atoms with Crippen molar-refractivity contribution < 1.29 is 0 Å². The highest BCUT2D eigenvalue weighted by atomic mass is 14.9. The molecule has 2 heteroatoms. The van der Waals surface area contributed by atoms with Crippen LogP contribution in [0.25, 0.3) is 54.7 Å². The Morgan fingerprint density at radius 2 is 0.917 bits per heavy atom. The van der Waals surface area contributed by atoms with Gasteiger partial charge in [-0.15, -0.1) is 0 Å². The van der Waals surface area contributed by atoms with E-state index in [1.165, 1.54) is 88.1 Å². The summed E-state index contributed by atoms with van der Waals surface area (Å²) in [5.74, 6) is 0. The van der Waals surface area contributed by atoms with Gasteiger partial charge < -0.3 is 9.13 Å². The molecule has 0 aliphatic heterocycles. The van der Waals surface area contributed by atoms with Gasteiger partial charge in [0.1, 0.15) is 0 Å². The largest absolute Gasteiger partial charge is 0.344 e. The lowest BCUT2D eigenvalue weighted by atomic mass is 9.67. The number of aromatic nitrogens is 2. The van der Waals surface area contributed by atoms with Gasteiger partial charge in [0.2, 0.25) is 0 Å². The van der Waals surface area contributed by atoms with E-state index in [4.69, 9.17) is 0 Å². The van der Waals surface area contributed by atoms with Crippen molar-refractivity contribution in [3.05, 3.63) is 191 Å². The summed E-state index contributed by atoms with van der Waals surface area (Å²) >= 11 is 0. The Bertz CT molecular complexity index is 2670. The molecule has 7 aromatic carbocycles. The highest BCUT2D eigenvalue weighted by molar-refractivity contribution is 6.11. The summed E-state index contributed by atoms with van der Waals surface area (Å²) in [6, 6.07) is 58.9. The molecule has 0 N–H and O–H groups in total. The minimum atomic E-state index is -0.398. The van der Waals surface area contributed by atoms with E-state index in [2.05, 4.69) is 181 Å². The molecule has 0 unspecified atom stereocenters. The summed E-state index contributed by atoms with van der Waals surface area (Å²) in [5, 5.41) is 5.27. The van der Waals surface area contributed by atoms with E-state index in [0.717, 1.165) is 6.42 Å². The number of rotatable bonds is 4. The van der Waals surface area contributed by atoms with Gasteiger partial charge in [0.15, 0.2) is 0 Å². The van der Waals surface area contributed by atoms with Gasteiger partial charge in [-0.1, -0.05) is 115 Å². The van der Waals surface area contributed by atoms with Gasteiger partial charge in [-0.05, 0) is 93.4 Å². The second-order valence-corrected chi connectivity index (χ2v) is 13.5.